The number of para-hydroxylation sites is 2. The van der Waals surface area contributed by atoms with E-state index in [2.05, 4.69) is 9.97 Å². The van der Waals surface area contributed by atoms with Gasteiger partial charge in [-0.2, -0.15) is 0 Å². The van der Waals surface area contributed by atoms with E-state index in [1.165, 1.54) is 6.20 Å². The lowest BCUT2D eigenvalue weighted by molar-refractivity contribution is -0.142. The van der Waals surface area contributed by atoms with Crippen LogP contribution < -0.4 is 0 Å². The number of imidazole rings is 1. The highest BCUT2D eigenvalue weighted by molar-refractivity contribution is 5.94. The fourth-order valence-electron chi connectivity index (χ4n) is 3.43. The van der Waals surface area contributed by atoms with Gasteiger partial charge < -0.3 is 10.0 Å². The Morgan fingerprint density at radius 3 is 2.62 bits per heavy atom. The van der Waals surface area contributed by atoms with Gasteiger partial charge in [-0.15, -0.1) is 0 Å². The molecule has 0 radical (unpaired) electrons. The van der Waals surface area contributed by atoms with Crippen LogP contribution in [0.15, 0.2) is 48.9 Å². The topological polar surface area (TPSA) is 88.3 Å². The van der Waals surface area contributed by atoms with E-state index < -0.39 is 11.9 Å². The molecule has 1 aliphatic heterocycles. The summed E-state index contributed by atoms with van der Waals surface area (Å²) in [6, 6.07) is 11.2. The van der Waals surface area contributed by atoms with Crippen molar-refractivity contribution in [3.63, 3.8) is 0 Å². The number of hydrogen-bond donors (Lipinski definition) is 1. The summed E-state index contributed by atoms with van der Waals surface area (Å²) >= 11 is 0. The first kappa shape index (κ1) is 16.3. The average molecular weight is 350 g/mol. The van der Waals surface area contributed by atoms with E-state index in [0.29, 0.717) is 17.9 Å². The molecule has 4 rings (SSSR count). The third kappa shape index (κ3) is 2.71. The van der Waals surface area contributed by atoms with Crippen LogP contribution in [0.4, 0.5) is 0 Å². The molecule has 0 bridgehead atoms. The zero-order valence-electron chi connectivity index (χ0n) is 14.2. The quantitative estimate of drug-likeness (QED) is 0.782. The van der Waals surface area contributed by atoms with Crippen molar-refractivity contribution in [2.45, 2.75) is 6.92 Å². The van der Waals surface area contributed by atoms with Crippen LogP contribution in [-0.2, 0) is 4.79 Å². The molecule has 7 nitrogen and oxygen atoms in total. The first-order valence-corrected chi connectivity index (χ1v) is 8.45. The minimum atomic E-state index is -0.853. The lowest BCUT2D eigenvalue weighted by Gasteiger charge is -2.16. The highest BCUT2D eigenvalue weighted by atomic mass is 16.4. The molecule has 3 heterocycles. The molecule has 1 saturated heterocycles. The number of hydrogen-bond acceptors (Lipinski definition) is 4. The first-order valence-electron chi connectivity index (χ1n) is 8.45. The molecule has 132 valence electrons. The molecule has 1 aromatic carbocycles. The number of likely N-dealkylation sites (tertiary alicyclic amines) is 1. The monoisotopic (exact) mass is 350 g/mol. The summed E-state index contributed by atoms with van der Waals surface area (Å²) in [5.74, 6) is -0.929. The number of rotatable bonds is 3. The highest BCUT2D eigenvalue weighted by Gasteiger charge is 2.37. The summed E-state index contributed by atoms with van der Waals surface area (Å²) in [6.07, 6.45) is 3.24. The summed E-state index contributed by atoms with van der Waals surface area (Å²) in [5.41, 5.74) is 2.27. The fraction of sp³-hybridized carbons (Fsp3) is 0.263. The van der Waals surface area contributed by atoms with Gasteiger partial charge in [0.05, 0.1) is 22.5 Å². The van der Waals surface area contributed by atoms with E-state index in [9.17, 15) is 14.7 Å². The van der Waals surface area contributed by atoms with Crippen molar-refractivity contribution in [2.24, 2.45) is 11.8 Å². The average Bonchev–Trinajstić information content (AvgIpc) is 3.25. The van der Waals surface area contributed by atoms with Crippen LogP contribution in [-0.4, -0.2) is 49.5 Å². The van der Waals surface area contributed by atoms with E-state index in [1.54, 1.807) is 23.4 Å². The molecule has 0 saturated carbocycles. The van der Waals surface area contributed by atoms with Gasteiger partial charge in [-0.25, -0.2) is 9.97 Å². The Morgan fingerprint density at radius 1 is 1.12 bits per heavy atom. The van der Waals surface area contributed by atoms with Crippen LogP contribution in [0.2, 0.25) is 0 Å². The second-order valence-electron chi connectivity index (χ2n) is 6.64. The lowest BCUT2D eigenvalue weighted by atomic mass is 9.99. The van der Waals surface area contributed by atoms with Gasteiger partial charge in [-0.3, -0.25) is 14.2 Å². The van der Waals surface area contributed by atoms with Crippen molar-refractivity contribution in [2.75, 3.05) is 13.1 Å². The Balaban J connectivity index is 1.56. The van der Waals surface area contributed by atoms with E-state index in [-0.39, 0.29) is 18.4 Å². The van der Waals surface area contributed by atoms with Crippen LogP contribution in [0.1, 0.15) is 17.3 Å². The number of pyridine rings is 1. The predicted octanol–water partition coefficient (Wildman–Crippen LogP) is 2.21. The number of carbonyl (C=O) groups excluding carboxylic acids is 1. The molecule has 7 heteroatoms. The molecule has 2 atom stereocenters. The number of benzene rings is 1. The molecule has 0 aliphatic carbocycles. The van der Waals surface area contributed by atoms with Crippen LogP contribution >= 0.6 is 0 Å². The molecule has 1 fully saturated rings. The van der Waals surface area contributed by atoms with Gasteiger partial charge in [0.1, 0.15) is 12.1 Å². The van der Waals surface area contributed by atoms with Crippen LogP contribution in [0.5, 0.6) is 0 Å². The SMILES string of the molecule is C[C@@H]1CN(C(=O)c2ccc(-n3cnc4ccccc43)nc2)C[C@H]1C(=O)O. The number of carboxylic acid groups (broad SMARTS) is 1. The van der Waals surface area contributed by atoms with Crippen LogP contribution in [0.3, 0.4) is 0 Å². The molecule has 0 spiro atoms. The summed E-state index contributed by atoms with van der Waals surface area (Å²) in [7, 11) is 0. The van der Waals surface area contributed by atoms with Crippen molar-refractivity contribution in [3.05, 3.63) is 54.5 Å². The number of fused-ring (bicyclic) bond motifs is 1. The Bertz CT molecular complexity index is 980. The van der Waals surface area contributed by atoms with Gasteiger partial charge >= 0.3 is 5.97 Å². The number of aliphatic carboxylic acids is 1. The largest absolute Gasteiger partial charge is 0.481 e. The number of amides is 1. The smallest absolute Gasteiger partial charge is 0.308 e. The van der Waals surface area contributed by atoms with E-state index in [4.69, 9.17) is 0 Å². The van der Waals surface area contributed by atoms with Crippen molar-refractivity contribution < 1.29 is 14.7 Å². The van der Waals surface area contributed by atoms with Crippen LogP contribution in [0, 0.1) is 11.8 Å². The van der Waals surface area contributed by atoms with Crippen LogP contribution in [0.25, 0.3) is 16.9 Å². The maximum atomic E-state index is 12.6. The van der Waals surface area contributed by atoms with Gasteiger partial charge in [0.15, 0.2) is 0 Å². The maximum Gasteiger partial charge on any atom is 0.308 e. The summed E-state index contributed by atoms with van der Waals surface area (Å²) in [5, 5.41) is 9.22. The van der Waals surface area contributed by atoms with E-state index in [0.717, 1.165) is 11.0 Å². The van der Waals surface area contributed by atoms with Crippen molar-refractivity contribution in [3.8, 4) is 5.82 Å². The fourth-order valence-corrected chi connectivity index (χ4v) is 3.43. The predicted molar refractivity (Wildman–Crippen MR) is 95.1 cm³/mol. The zero-order valence-corrected chi connectivity index (χ0v) is 14.2. The zero-order chi connectivity index (χ0) is 18.3. The van der Waals surface area contributed by atoms with Gasteiger partial charge in [0.25, 0.3) is 5.91 Å². The van der Waals surface area contributed by atoms with Gasteiger partial charge in [0.2, 0.25) is 0 Å². The van der Waals surface area contributed by atoms with Crippen molar-refractivity contribution in [1.82, 2.24) is 19.4 Å². The molecular formula is C19H18N4O3. The first-order chi connectivity index (χ1) is 12.5. The number of carbonyl (C=O) groups is 2. The maximum absolute atomic E-state index is 12.6. The van der Waals surface area contributed by atoms with Gasteiger partial charge in [-0.1, -0.05) is 19.1 Å². The second kappa shape index (κ2) is 6.25. The van der Waals surface area contributed by atoms with E-state index >= 15 is 0 Å². The van der Waals surface area contributed by atoms with Gasteiger partial charge in [-0.05, 0) is 30.2 Å². The molecular weight excluding hydrogens is 332 g/mol. The Labute approximate surface area is 149 Å². The molecule has 0 unspecified atom stereocenters. The standard InChI is InChI=1S/C19H18N4O3/c1-12-9-22(10-14(12)19(25)26)18(24)13-6-7-17(20-8-13)23-11-21-15-4-2-3-5-16(15)23/h2-8,11-12,14H,9-10H2,1H3,(H,25,26)/t12-,14-/m1/s1. The Hall–Kier alpha value is -3.22. The molecule has 1 amide bonds. The molecule has 1 aliphatic rings. The number of nitrogens with zero attached hydrogens (tertiary/aromatic N) is 4. The summed E-state index contributed by atoms with van der Waals surface area (Å²) in [6.45, 7) is 2.55. The van der Waals surface area contributed by atoms with Crippen molar-refractivity contribution in [1.29, 1.82) is 0 Å². The lowest BCUT2D eigenvalue weighted by Crippen LogP contribution is -2.30. The number of carboxylic acids is 1. The highest BCUT2D eigenvalue weighted by Crippen LogP contribution is 2.25. The summed E-state index contributed by atoms with van der Waals surface area (Å²) in [4.78, 5) is 34.2. The third-order valence-corrected chi connectivity index (χ3v) is 4.91. The summed E-state index contributed by atoms with van der Waals surface area (Å²) < 4.78 is 1.86. The Kier molecular flexibility index (Phi) is 3.91. The van der Waals surface area contributed by atoms with Gasteiger partial charge in [0, 0.05) is 19.3 Å². The normalized spacial score (nSPS) is 19.8. The Morgan fingerprint density at radius 2 is 1.92 bits per heavy atom. The third-order valence-electron chi connectivity index (χ3n) is 4.91. The minimum Gasteiger partial charge on any atom is -0.481 e. The molecule has 26 heavy (non-hydrogen) atoms. The number of aromatic nitrogens is 3. The molecule has 3 aromatic rings. The molecule has 2 aromatic heterocycles. The molecule has 1 N–H and O–H groups in total. The second-order valence-corrected chi connectivity index (χ2v) is 6.64. The minimum absolute atomic E-state index is 0.0546. The van der Waals surface area contributed by atoms with Crippen molar-refractivity contribution >= 4 is 22.9 Å². The van der Waals surface area contributed by atoms with E-state index in [1.807, 2.05) is 35.8 Å².